The van der Waals surface area contributed by atoms with Crippen LogP contribution in [0.5, 0.6) is 0 Å². The van der Waals surface area contributed by atoms with Crippen LogP contribution in [0.2, 0.25) is 0 Å². The molecule has 0 amide bonds. The first-order valence-corrected chi connectivity index (χ1v) is 7.50. The molecule has 5 heteroatoms. The van der Waals surface area contributed by atoms with Gasteiger partial charge >= 0.3 is 0 Å². The van der Waals surface area contributed by atoms with Crippen LogP contribution in [0.1, 0.15) is 44.1 Å². The molecule has 0 bridgehead atoms. The lowest BCUT2D eigenvalue weighted by Gasteiger charge is -2.28. The monoisotopic (exact) mass is 278 g/mol. The molecule has 5 nitrogen and oxygen atoms in total. The van der Waals surface area contributed by atoms with Crippen molar-refractivity contribution >= 4 is 5.82 Å². The molecule has 0 radical (unpaired) electrons. The first-order valence-electron chi connectivity index (χ1n) is 7.50. The van der Waals surface area contributed by atoms with Crippen LogP contribution in [0.4, 0.5) is 5.82 Å². The minimum Gasteiger partial charge on any atom is -0.389 e. The molecule has 2 N–H and O–H groups in total. The number of hydrogen-bond donors (Lipinski definition) is 2. The van der Waals surface area contributed by atoms with Crippen molar-refractivity contribution in [1.82, 2.24) is 14.9 Å². The van der Waals surface area contributed by atoms with Gasteiger partial charge in [-0.15, -0.1) is 0 Å². The predicted molar refractivity (Wildman–Crippen MR) is 80.7 cm³/mol. The quantitative estimate of drug-likeness (QED) is 0.833. The summed E-state index contributed by atoms with van der Waals surface area (Å²) in [6.07, 6.45) is 4.09. The number of nitrogens with one attached hydrogen (secondary N) is 1. The van der Waals surface area contributed by atoms with Gasteiger partial charge in [0.05, 0.1) is 12.1 Å². The molecule has 20 heavy (non-hydrogen) atoms. The zero-order valence-electron chi connectivity index (χ0n) is 12.8. The van der Waals surface area contributed by atoms with Crippen molar-refractivity contribution in [2.75, 3.05) is 25.5 Å². The zero-order chi connectivity index (χ0) is 14.6. The Morgan fingerprint density at radius 2 is 2.05 bits per heavy atom. The molecule has 1 fully saturated rings. The fourth-order valence-corrected chi connectivity index (χ4v) is 2.96. The second kappa shape index (κ2) is 6.50. The second-order valence-corrected chi connectivity index (χ2v) is 5.94. The molecule has 1 aliphatic rings. The smallest absolute Gasteiger partial charge is 0.144 e. The van der Waals surface area contributed by atoms with E-state index < -0.39 is 5.60 Å². The maximum atomic E-state index is 10.4. The summed E-state index contributed by atoms with van der Waals surface area (Å²) in [6, 6.07) is 1.96. The number of aromatic nitrogens is 2. The number of nitrogens with zero attached hydrogens (tertiary/aromatic N) is 3. The molecule has 0 unspecified atom stereocenters. The first kappa shape index (κ1) is 15.2. The number of anilines is 1. The van der Waals surface area contributed by atoms with E-state index in [1.54, 1.807) is 0 Å². The Hall–Kier alpha value is -1.20. The van der Waals surface area contributed by atoms with Crippen molar-refractivity contribution in [3.63, 3.8) is 0 Å². The van der Waals surface area contributed by atoms with Crippen LogP contribution < -0.4 is 5.32 Å². The Balaban J connectivity index is 1.98. The van der Waals surface area contributed by atoms with E-state index in [1.165, 1.54) is 0 Å². The third kappa shape index (κ3) is 4.15. The summed E-state index contributed by atoms with van der Waals surface area (Å²) in [5.41, 5.74) is 0.460. The van der Waals surface area contributed by atoms with E-state index in [0.29, 0.717) is 13.1 Å². The predicted octanol–water partition coefficient (Wildman–Crippen LogP) is 1.95. The van der Waals surface area contributed by atoms with E-state index in [4.69, 9.17) is 0 Å². The SMILES string of the molecule is CCNc1cc(C)nc(CN(C)CC2(O)CCCC2)n1. The van der Waals surface area contributed by atoms with E-state index in [1.807, 2.05) is 20.0 Å². The largest absolute Gasteiger partial charge is 0.389 e. The minimum absolute atomic E-state index is 0.511. The molecular weight excluding hydrogens is 252 g/mol. The molecule has 0 spiro atoms. The average Bonchev–Trinajstić information content (AvgIpc) is 2.74. The van der Waals surface area contributed by atoms with Crippen LogP contribution in [0, 0.1) is 6.92 Å². The molecule has 2 rings (SSSR count). The lowest BCUT2D eigenvalue weighted by Crippen LogP contribution is -2.39. The van der Waals surface area contributed by atoms with E-state index in [2.05, 4.69) is 27.1 Å². The molecule has 1 aromatic rings. The molecule has 0 aromatic carbocycles. The fraction of sp³-hybridized carbons (Fsp3) is 0.733. The summed E-state index contributed by atoms with van der Waals surface area (Å²) in [5.74, 6) is 1.69. The van der Waals surface area contributed by atoms with Crippen molar-refractivity contribution in [3.8, 4) is 0 Å². The van der Waals surface area contributed by atoms with E-state index in [-0.39, 0.29) is 0 Å². The molecule has 1 aliphatic carbocycles. The number of aryl methyl sites for hydroxylation is 1. The Bertz CT molecular complexity index is 443. The van der Waals surface area contributed by atoms with E-state index in [9.17, 15) is 5.11 Å². The Kier molecular flexibility index (Phi) is 4.94. The Morgan fingerprint density at radius 3 is 2.70 bits per heavy atom. The summed E-state index contributed by atoms with van der Waals surface area (Å²) in [6.45, 7) is 6.25. The van der Waals surface area contributed by atoms with E-state index in [0.717, 1.165) is 49.6 Å². The second-order valence-electron chi connectivity index (χ2n) is 5.94. The molecule has 1 saturated carbocycles. The van der Waals surface area contributed by atoms with Crippen molar-refractivity contribution in [1.29, 1.82) is 0 Å². The highest BCUT2D eigenvalue weighted by molar-refractivity contribution is 5.35. The van der Waals surface area contributed by atoms with Crippen molar-refractivity contribution < 1.29 is 5.11 Å². The Labute approximate surface area is 121 Å². The van der Waals surface area contributed by atoms with Crippen molar-refractivity contribution in [2.45, 2.75) is 51.7 Å². The number of aliphatic hydroxyl groups is 1. The molecular formula is C15H26N4O. The van der Waals surface area contributed by atoms with Crippen LogP contribution in [0.25, 0.3) is 0 Å². The molecule has 1 aromatic heterocycles. The number of hydrogen-bond acceptors (Lipinski definition) is 5. The third-order valence-corrected chi connectivity index (χ3v) is 3.77. The summed E-state index contributed by atoms with van der Waals surface area (Å²) >= 11 is 0. The topological polar surface area (TPSA) is 61.3 Å². The molecule has 0 atom stereocenters. The molecule has 1 heterocycles. The zero-order valence-corrected chi connectivity index (χ0v) is 12.8. The lowest BCUT2D eigenvalue weighted by atomic mass is 10.0. The number of likely N-dealkylation sites (N-methyl/N-ethyl adjacent to an activating group) is 1. The summed E-state index contributed by atoms with van der Waals surface area (Å²) < 4.78 is 0. The van der Waals surface area contributed by atoms with Crippen molar-refractivity contribution in [2.24, 2.45) is 0 Å². The Morgan fingerprint density at radius 1 is 1.35 bits per heavy atom. The van der Waals surface area contributed by atoms with Gasteiger partial charge in [0, 0.05) is 24.8 Å². The van der Waals surface area contributed by atoms with Crippen LogP contribution in [-0.2, 0) is 6.54 Å². The highest BCUT2D eigenvalue weighted by Gasteiger charge is 2.32. The van der Waals surface area contributed by atoms with Gasteiger partial charge in [-0.25, -0.2) is 9.97 Å². The van der Waals surface area contributed by atoms with Gasteiger partial charge < -0.3 is 10.4 Å². The summed E-state index contributed by atoms with van der Waals surface area (Å²) in [5, 5.41) is 13.7. The van der Waals surface area contributed by atoms with Crippen LogP contribution in [0.15, 0.2) is 6.07 Å². The van der Waals surface area contributed by atoms with Gasteiger partial charge in [-0.3, -0.25) is 4.90 Å². The van der Waals surface area contributed by atoms with Gasteiger partial charge in [0.15, 0.2) is 0 Å². The van der Waals surface area contributed by atoms with Gasteiger partial charge in [0.25, 0.3) is 0 Å². The molecule has 0 saturated heterocycles. The van der Waals surface area contributed by atoms with Crippen LogP contribution in [0.3, 0.4) is 0 Å². The maximum absolute atomic E-state index is 10.4. The number of rotatable bonds is 6. The minimum atomic E-state index is -0.511. The summed E-state index contributed by atoms with van der Waals surface area (Å²) in [7, 11) is 2.02. The third-order valence-electron chi connectivity index (χ3n) is 3.77. The van der Waals surface area contributed by atoms with Gasteiger partial charge in [0.1, 0.15) is 11.6 Å². The lowest BCUT2D eigenvalue weighted by molar-refractivity contribution is 0.0140. The standard InChI is InChI=1S/C15H26N4O/c1-4-16-13-9-12(2)17-14(18-13)10-19(3)11-15(20)7-5-6-8-15/h9,20H,4-8,10-11H2,1-3H3,(H,16,17,18). The van der Waals surface area contributed by atoms with Gasteiger partial charge in [-0.2, -0.15) is 0 Å². The van der Waals surface area contributed by atoms with Crippen LogP contribution >= 0.6 is 0 Å². The molecule has 0 aliphatic heterocycles. The molecule has 112 valence electrons. The van der Waals surface area contributed by atoms with Gasteiger partial charge in [-0.05, 0) is 33.7 Å². The summed E-state index contributed by atoms with van der Waals surface area (Å²) in [4.78, 5) is 11.1. The van der Waals surface area contributed by atoms with Gasteiger partial charge in [-0.1, -0.05) is 12.8 Å². The normalized spacial score (nSPS) is 17.6. The van der Waals surface area contributed by atoms with Crippen LogP contribution in [-0.4, -0.2) is 45.7 Å². The van der Waals surface area contributed by atoms with Gasteiger partial charge in [0.2, 0.25) is 0 Å². The highest BCUT2D eigenvalue weighted by Crippen LogP contribution is 2.30. The highest BCUT2D eigenvalue weighted by atomic mass is 16.3. The fourth-order valence-electron chi connectivity index (χ4n) is 2.96. The first-order chi connectivity index (χ1) is 9.50. The maximum Gasteiger partial charge on any atom is 0.144 e. The van der Waals surface area contributed by atoms with E-state index >= 15 is 0 Å². The van der Waals surface area contributed by atoms with Crippen molar-refractivity contribution in [3.05, 3.63) is 17.6 Å². The average molecular weight is 278 g/mol.